The molecule has 3 amide bonds. The Hall–Kier alpha value is -2.65. The van der Waals surface area contributed by atoms with Gasteiger partial charge in [0.25, 0.3) is 0 Å². The van der Waals surface area contributed by atoms with Crippen LogP contribution in [0.1, 0.15) is 37.9 Å². The third kappa shape index (κ3) is 5.66. The summed E-state index contributed by atoms with van der Waals surface area (Å²) in [6, 6.07) is 3.81. The molecule has 0 aromatic heterocycles. The number of fused-ring (bicyclic) bond motifs is 1. The number of benzene rings is 1. The summed E-state index contributed by atoms with van der Waals surface area (Å²) in [6.45, 7) is 1.25. The fourth-order valence-corrected chi connectivity index (χ4v) is 2.73. The van der Waals surface area contributed by atoms with Crippen LogP contribution in [0.3, 0.4) is 0 Å². The molecule has 2 unspecified atom stereocenters. The maximum atomic E-state index is 12.4. The number of nitrogens with one attached hydrogen (secondary N) is 3. The first kappa shape index (κ1) is 20.7. The highest BCUT2D eigenvalue weighted by Gasteiger charge is 2.24. The molecular formula is C18H25N3O6. The molecule has 0 spiro atoms. The van der Waals surface area contributed by atoms with Crippen LogP contribution < -0.4 is 20.7 Å². The number of ether oxygens (including phenoxy) is 1. The molecule has 5 N–H and O–H groups in total. The van der Waals surface area contributed by atoms with Crippen LogP contribution in [0.4, 0.5) is 5.69 Å². The smallest absolute Gasteiger partial charge is 0.246 e. The predicted octanol–water partition coefficient (Wildman–Crippen LogP) is -0.167. The van der Waals surface area contributed by atoms with Crippen molar-refractivity contribution in [3.05, 3.63) is 23.8 Å². The summed E-state index contributed by atoms with van der Waals surface area (Å²) < 4.78 is 5.15. The Morgan fingerprint density at radius 3 is 2.59 bits per heavy atom. The van der Waals surface area contributed by atoms with Crippen molar-refractivity contribution in [2.75, 3.05) is 19.0 Å². The standard InChI is InChI=1S/C18H25N3O6/c1-10-18(26)21-13-8-11(27-2)6-7-12(13)17(25)14(22)4-3-5-15(23)19-9-16(24)20-10/h6-8,10,14,17,22,25H,3-5,9H2,1-2H3,(H,19,23)(H,20,24)(H,21,26)/t10-,14?,17?/m1/s1. The molecule has 1 aliphatic heterocycles. The van der Waals surface area contributed by atoms with Gasteiger partial charge in [0.05, 0.1) is 25.4 Å². The molecule has 1 aliphatic rings. The first-order chi connectivity index (χ1) is 12.8. The highest BCUT2D eigenvalue weighted by Crippen LogP contribution is 2.31. The number of hydrogen-bond acceptors (Lipinski definition) is 6. The zero-order valence-corrected chi connectivity index (χ0v) is 15.3. The van der Waals surface area contributed by atoms with E-state index in [0.29, 0.717) is 17.7 Å². The van der Waals surface area contributed by atoms with Gasteiger partial charge in [-0.3, -0.25) is 14.4 Å². The SMILES string of the molecule is COc1ccc2c(c1)NC(=O)[C@@H](C)NC(=O)CNC(=O)CCCC(O)C2O. The van der Waals surface area contributed by atoms with Gasteiger partial charge in [0.15, 0.2) is 0 Å². The van der Waals surface area contributed by atoms with E-state index in [9.17, 15) is 24.6 Å². The third-order valence-electron chi connectivity index (χ3n) is 4.32. The minimum absolute atomic E-state index is 0.110. The molecule has 1 aromatic carbocycles. The van der Waals surface area contributed by atoms with Gasteiger partial charge in [-0.2, -0.15) is 0 Å². The van der Waals surface area contributed by atoms with Crippen LogP contribution in [0.2, 0.25) is 0 Å². The van der Waals surface area contributed by atoms with E-state index < -0.39 is 30.1 Å². The Bertz CT molecular complexity index is 708. The van der Waals surface area contributed by atoms with Crippen molar-refractivity contribution >= 4 is 23.4 Å². The normalized spacial score (nSPS) is 25.2. The van der Waals surface area contributed by atoms with Crippen LogP contribution in [0, 0.1) is 0 Å². The highest BCUT2D eigenvalue weighted by molar-refractivity contribution is 5.98. The van der Waals surface area contributed by atoms with Gasteiger partial charge >= 0.3 is 0 Å². The van der Waals surface area contributed by atoms with Crippen molar-refractivity contribution in [3.63, 3.8) is 0 Å². The number of hydrogen-bond donors (Lipinski definition) is 5. The Morgan fingerprint density at radius 1 is 1.15 bits per heavy atom. The summed E-state index contributed by atoms with van der Waals surface area (Å²) in [5.41, 5.74) is 0.588. The molecule has 0 saturated carbocycles. The zero-order valence-electron chi connectivity index (χ0n) is 15.3. The zero-order chi connectivity index (χ0) is 20.0. The molecule has 0 aliphatic carbocycles. The molecule has 9 nitrogen and oxygen atoms in total. The van der Waals surface area contributed by atoms with Crippen LogP contribution in [-0.2, 0) is 14.4 Å². The molecule has 1 aromatic rings. The monoisotopic (exact) mass is 379 g/mol. The van der Waals surface area contributed by atoms with Crippen LogP contribution in [0.25, 0.3) is 0 Å². The lowest BCUT2D eigenvalue weighted by atomic mass is 9.98. The third-order valence-corrected chi connectivity index (χ3v) is 4.32. The van der Waals surface area contributed by atoms with Crippen molar-refractivity contribution in [1.29, 1.82) is 0 Å². The molecule has 148 valence electrons. The van der Waals surface area contributed by atoms with Crippen molar-refractivity contribution in [2.45, 2.75) is 44.4 Å². The lowest BCUT2D eigenvalue weighted by Crippen LogP contribution is -2.45. The second-order valence-electron chi connectivity index (χ2n) is 6.41. The molecule has 0 fully saturated rings. The average molecular weight is 379 g/mol. The number of carbonyl (C=O) groups is 3. The molecule has 27 heavy (non-hydrogen) atoms. The Morgan fingerprint density at radius 2 is 1.89 bits per heavy atom. The van der Waals surface area contributed by atoms with Crippen LogP contribution in [-0.4, -0.2) is 53.7 Å². The minimum Gasteiger partial charge on any atom is -0.497 e. The van der Waals surface area contributed by atoms with Gasteiger partial charge in [0, 0.05) is 18.1 Å². The van der Waals surface area contributed by atoms with Crippen molar-refractivity contribution in [3.8, 4) is 5.75 Å². The summed E-state index contributed by atoms with van der Waals surface area (Å²) in [6.07, 6.45) is -1.76. The summed E-state index contributed by atoms with van der Waals surface area (Å²) in [7, 11) is 1.47. The van der Waals surface area contributed by atoms with Crippen molar-refractivity contribution < 1.29 is 29.3 Å². The average Bonchev–Trinajstić information content (AvgIpc) is 2.64. The predicted molar refractivity (Wildman–Crippen MR) is 97.1 cm³/mol. The second-order valence-corrected chi connectivity index (χ2v) is 6.41. The van der Waals surface area contributed by atoms with Crippen LogP contribution >= 0.6 is 0 Å². The Kier molecular flexibility index (Phi) is 7.14. The molecule has 0 saturated heterocycles. The maximum absolute atomic E-state index is 12.4. The van der Waals surface area contributed by atoms with E-state index in [0.717, 1.165) is 0 Å². The Labute approximate surface area is 157 Å². The summed E-state index contributed by atoms with van der Waals surface area (Å²) in [5.74, 6) is -0.892. The summed E-state index contributed by atoms with van der Waals surface area (Å²) >= 11 is 0. The number of anilines is 1. The maximum Gasteiger partial charge on any atom is 0.246 e. The molecule has 2 rings (SSSR count). The van der Waals surface area contributed by atoms with Crippen LogP contribution in [0.15, 0.2) is 18.2 Å². The van der Waals surface area contributed by atoms with E-state index in [1.807, 2.05) is 0 Å². The van der Waals surface area contributed by atoms with Gasteiger partial charge in [-0.1, -0.05) is 6.07 Å². The van der Waals surface area contributed by atoms with E-state index in [1.165, 1.54) is 20.1 Å². The van der Waals surface area contributed by atoms with Gasteiger partial charge in [0.1, 0.15) is 17.9 Å². The number of methoxy groups -OCH3 is 1. The van der Waals surface area contributed by atoms with Crippen molar-refractivity contribution in [2.24, 2.45) is 0 Å². The number of aliphatic hydroxyl groups is 2. The fourth-order valence-electron chi connectivity index (χ4n) is 2.73. The number of aliphatic hydroxyl groups excluding tert-OH is 2. The number of amides is 3. The highest BCUT2D eigenvalue weighted by atomic mass is 16.5. The van der Waals surface area contributed by atoms with E-state index >= 15 is 0 Å². The molecule has 3 atom stereocenters. The molecule has 1 heterocycles. The quantitative estimate of drug-likeness (QED) is 0.460. The molecular weight excluding hydrogens is 354 g/mol. The number of rotatable bonds is 1. The summed E-state index contributed by atoms with van der Waals surface area (Å²) in [5, 5.41) is 28.4. The topological polar surface area (TPSA) is 137 Å². The Balaban J connectivity index is 2.33. The van der Waals surface area contributed by atoms with E-state index in [4.69, 9.17) is 4.74 Å². The van der Waals surface area contributed by atoms with Gasteiger partial charge in [0.2, 0.25) is 17.7 Å². The first-order valence-electron chi connectivity index (χ1n) is 8.72. The largest absolute Gasteiger partial charge is 0.497 e. The number of carbonyl (C=O) groups excluding carboxylic acids is 3. The van der Waals surface area contributed by atoms with E-state index in [-0.39, 0.29) is 31.0 Å². The van der Waals surface area contributed by atoms with E-state index in [1.54, 1.807) is 12.1 Å². The molecule has 9 heteroatoms. The fraction of sp³-hybridized carbons (Fsp3) is 0.500. The lowest BCUT2D eigenvalue weighted by Gasteiger charge is -2.22. The molecule has 0 radical (unpaired) electrons. The van der Waals surface area contributed by atoms with Gasteiger partial charge in [-0.15, -0.1) is 0 Å². The molecule has 0 bridgehead atoms. The van der Waals surface area contributed by atoms with Gasteiger partial charge in [-0.25, -0.2) is 0 Å². The minimum atomic E-state index is -1.26. The van der Waals surface area contributed by atoms with E-state index in [2.05, 4.69) is 16.0 Å². The van der Waals surface area contributed by atoms with Crippen molar-refractivity contribution in [1.82, 2.24) is 10.6 Å². The first-order valence-corrected chi connectivity index (χ1v) is 8.72. The van der Waals surface area contributed by atoms with Gasteiger partial charge < -0.3 is 30.9 Å². The van der Waals surface area contributed by atoms with Gasteiger partial charge in [-0.05, 0) is 25.8 Å². The summed E-state index contributed by atoms with van der Waals surface area (Å²) in [4.78, 5) is 36.0. The van der Waals surface area contributed by atoms with Crippen LogP contribution in [0.5, 0.6) is 5.75 Å². The lowest BCUT2D eigenvalue weighted by molar-refractivity contribution is -0.128. The second kappa shape index (κ2) is 9.33.